The van der Waals surface area contributed by atoms with Gasteiger partial charge in [-0.15, -0.1) is 0 Å². The monoisotopic (exact) mass is 418 g/mol. The molecule has 0 unspecified atom stereocenters. The molecule has 0 fully saturated rings. The van der Waals surface area contributed by atoms with Crippen molar-refractivity contribution in [2.24, 2.45) is 5.14 Å². The number of carbonyl (C=O) groups excluding carboxylic acids is 2. The highest BCUT2D eigenvalue weighted by molar-refractivity contribution is 7.89. The second-order valence-electron chi connectivity index (χ2n) is 5.91. The molecule has 0 radical (unpaired) electrons. The summed E-state index contributed by atoms with van der Waals surface area (Å²) in [6.45, 7) is 2.19. The molecule has 0 heterocycles. The highest BCUT2D eigenvalue weighted by Crippen LogP contribution is 2.13. The van der Waals surface area contributed by atoms with E-state index in [0.29, 0.717) is 12.2 Å². The third-order valence-corrected chi connectivity index (χ3v) is 4.62. The number of esters is 1. The Labute approximate surface area is 169 Å². The van der Waals surface area contributed by atoms with Crippen molar-refractivity contribution >= 4 is 28.0 Å². The van der Waals surface area contributed by atoms with Crippen molar-refractivity contribution in [2.75, 3.05) is 13.2 Å². The molecule has 3 N–H and O–H groups in total. The summed E-state index contributed by atoms with van der Waals surface area (Å²) in [5.41, 5.74) is 1.46. The van der Waals surface area contributed by atoms with Crippen LogP contribution in [0.15, 0.2) is 59.5 Å². The van der Waals surface area contributed by atoms with Gasteiger partial charge in [-0.3, -0.25) is 4.79 Å². The molecule has 2 aromatic rings. The fourth-order valence-corrected chi connectivity index (χ4v) is 2.75. The number of hydrogen-bond acceptors (Lipinski definition) is 6. The molecule has 1 amide bonds. The number of primary sulfonamides is 1. The number of hydrogen-bond donors (Lipinski definition) is 2. The summed E-state index contributed by atoms with van der Waals surface area (Å²) in [5, 5.41) is 7.59. The quantitative estimate of drug-likeness (QED) is 0.471. The summed E-state index contributed by atoms with van der Waals surface area (Å²) in [6, 6.07) is 12.9. The van der Waals surface area contributed by atoms with Gasteiger partial charge in [-0.25, -0.2) is 18.4 Å². The third-order valence-electron chi connectivity index (χ3n) is 3.69. The summed E-state index contributed by atoms with van der Waals surface area (Å²) in [4.78, 5) is 23.5. The average Bonchev–Trinajstić information content (AvgIpc) is 2.70. The predicted molar refractivity (Wildman–Crippen MR) is 107 cm³/mol. The molecule has 0 aliphatic heterocycles. The van der Waals surface area contributed by atoms with E-state index < -0.39 is 28.5 Å². The molecule has 0 aromatic heterocycles. The van der Waals surface area contributed by atoms with Gasteiger partial charge in [0.2, 0.25) is 10.0 Å². The maximum atomic E-state index is 11.8. The number of nitrogens with two attached hydrogens (primary N) is 1. The Kier molecular flexibility index (Phi) is 7.93. The topological polar surface area (TPSA) is 125 Å². The number of amides is 1. The average molecular weight is 418 g/mol. The second kappa shape index (κ2) is 10.4. The minimum Gasteiger partial charge on any atom is -0.494 e. The number of nitrogens with one attached hydrogen (secondary N) is 1. The molecule has 0 aliphatic carbocycles. The maximum absolute atomic E-state index is 11.8. The number of benzene rings is 2. The zero-order valence-electron chi connectivity index (χ0n) is 15.8. The zero-order chi connectivity index (χ0) is 21.3. The summed E-state index contributed by atoms with van der Waals surface area (Å²) < 4.78 is 32.6. The van der Waals surface area contributed by atoms with E-state index >= 15 is 0 Å². The number of carbonyl (C=O) groups is 2. The summed E-state index contributed by atoms with van der Waals surface area (Å²) in [7, 11) is -3.76. The zero-order valence-corrected chi connectivity index (χ0v) is 16.6. The second-order valence-corrected chi connectivity index (χ2v) is 7.47. The molecule has 0 atom stereocenters. The van der Waals surface area contributed by atoms with E-state index in [2.05, 4.69) is 5.32 Å². The van der Waals surface area contributed by atoms with E-state index in [0.717, 1.165) is 11.3 Å². The maximum Gasteiger partial charge on any atom is 0.331 e. The van der Waals surface area contributed by atoms with Crippen molar-refractivity contribution in [1.29, 1.82) is 0 Å². The first kappa shape index (κ1) is 22.1. The summed E-state index contributed by atoms with van der Waals surface area (Å²) >= 11 is 0. The third kappa shape index (κ3) is 7.76. The Bertz CT molecular complexity index is 967. The fraction of sp³-hybridized carbons (Fsp3) is 0.200. The van der Waals surface area contributed by atoms with Crippen LogP contribution < -0.4 is 15.2 Å². The van der Waals surface area contributed by atoms with Gasteiger partial charge in [0.1, 0.15) is 5.75 Å². The smallest absolute Gasteiger partial charge is 0.331 e. The Morgan fingerprint density at radius 3 is 2.31 bits per heavy atom. The van der Waals surface area contributed by atoms with Gasteiger partial charge in [0, 0.05) is 12.6 Å². The molecule has 0 saturated carbocycles. The van der Waals surface area contributed by atoms with Gasteiger partial charge in [0.05, 0.1) is 11.5 Å². The molecule has 9 heteroatoms. The lowest BCUT2D eigenvalue weighted by molar-refractivity contribution is -0.143. The molecule has 8 nitrogen and oxygen atoms in total. The van der Waals surface area contributed by atoms with E-state index in [4.69, 9.17) is 14.6 Å². The van der Waals surface area contributed by atoms with Crippen LogP contribution in [0.25, 0.3) is 6.08 Å². The van der Waals surface area contributed by atoms with Crippen LogP contribution in [-0.4, -0.2) is 33.5 Å². The van der Waals surface area contributed by atoms with Crippen LogP contribution in [0.2, 0.25) is 0 Å². The molecule has 29 heavy (non-hydrogen) atoms. The molecule has 2 aromatic carbocycles. The summed E-state index contributed by atoms with van der Waals surface area (Å²) in [5.74, 6) is -0.391. The van der Waals surface area contributed by atoms with Crippen molar-refractivity contribution < 1.29 is 27.5 Å². The standard InChI is InChI=1S/C20H22N2O6S/c1-2-27-17-8-3-15(4-9-17)7-12-20(24)28-14-19(23)22-13-16-5-10-18(11-6-16)29(21,25)26/h3-12H,2,13-14H2,1H3,(H,22,23)(H2,21,25,26)/b12-7+. The van der Waals surface area contributed by atoms with Gasteiger partial charge >= 0.3 is 5.97 Å². The van der Waals surface area contributed by atoms with Crippen LogP contribution in [-0.2, 0) is 30.9 Å². The molecule has 0 saturated heterocycles. The van der Waals surface area contributed by atoms with Gasteiger partial charge < -0.3 is 14.8 Å². The molecule has 0 bridgehead atoms. The molecular weight excluding hydrogens is 396 g/mol. The van der Waals surface area contributed by atoms with Gasteiger partial charge in [0.25, 0.3) is 5.91 Å². The lowest BCUT2D eigenvalue weighted by atomic mass is 10.2. The van der Waals surface area contributed by atoms with Crippen LogP contribution in [0.4, 0.5) is 0 Å². The number of ether oxygens (including phenoxy) is 2. The number of rotatable bonds is 9. The minimum absolute atomic E-state index is 0.0131. The molecule has 2 rings (SSSR count). The normalized spacial score (nSPS) is 11.2. The highest BCUT2D eigenvalue weighted by atomic mass is 32.2. The molecule has 0 aliphatic rings. The highest BCUT2D eigenvalue weighted by Gasteiger charge is 2.08. The van der Waals surface area contributed by atoms with Gasteiger partial charge in [-0.05, 0) is 48.4 Å². The SMILES string of the molecule is CCOc1ccc(/C=C/C(=O)OCC(=O)NCc2ccc(S(N)(=O)=O)cc2)cc1. The van der Waals surface area contributed by atoms with Crippen LogP contribution in [0.3, 0.4) is 0 Å². The molecule has 0 spiro atoms. The van der Waals surface area contributed by atoms with E-state index in [-0.39, 0.29) is 11.4 Å². The Balaban J connectivity index is 1.74. The minimum atomic E-state index is -3.76. The first-order valence-corrected chi connectivity index (χ1v) is 10.3. The van der Waals surface area contributed by atoms with Crippen molar-refractivity contribution in [2.45, 2.75) is 18.4 Å². The Morgan fingerprint density at radius 2 is 1.72 bits per heavy atom. The van der Waals surface area contributed by atoms with E-state index in [1.54, 1.807) is 30.3 Å². The molecular formula is C20H22N2O6S. The van der Waals surface area contributed by atoms with Crippen molar-refractivity contribution in [3.63, 3.8) is 0 Å². The van der Waals surface area contributed by atoms with Gasteiger partial charge in [0.15, 0.2) is 6.61 Å². The molecule has 154 valence electrons. The van der Waals surface area contributed by atoms with Crippen molar-refractivity contribution in [3.05, 3.63) is 65.7 Å². The lowest BCUT2D eigenvalue weighted by Crippen LogP contribution is -2.28. The van der Waals surface area contributed by atoms with Crippen LogP contribution in [0, 0.1) is 0 Å². The number of sulfonamides is 1. The van der Waals surface area contributed by atoms with Crippen LogP contribution in [0.1, 0.15) is 18.1 Å². The van der Waals surface area contributed by atoms with Gasteiger partial charge in [-0.1, -0.05) is 24.3 Å². The van der Waals surface area contributed by atoms with Crippen molar-refractivity contribution in [1.82, 2.24) is 5.32 Å². The van der Waals surface area contributed by atoms with Crippen LogP contribution >= 0.6 is 0 Å². The fourth-order valence-electron chi connectivity index (χ4n) is 2.24. The lowest BCUT2D eigenvalue weighted by Gasteiger charge is -2.06. The van der Waals surface area contributed by atoms with Gasteiger partial charge in [-0.2, -0.15) is 0 Å². The van der Waals surface area contributed by atoms with Crippen LogP contribution in [0.5, 0.6) is 5.75 Å². The summed E-state index contributed by atoms with van der Waals surface area (Å²) in [6.07, 6.45) is 2.80. The van der Waals surface area contributed by atoms with E-state index in [1.807, 2.05) is 6.92 Å². The predicted octanol–water partition coefficient (Wildman–Crippen LogP) is 1.61. The first-order chi connectivity index (χ1) is 13.8. The van der Waals surface area contributed by atoms with E-state index in [1.165, 1.54) is 30.3 Å². The Hall–Kier alpha value is -3.17. The first-order valence-electron chi connectivity index (χ1n) is 8.74. The van der Waals surface area contributed by atoms with Crippen molar-refractivity contribution in [3.8, 4) is 5.75 Å². The van der Waals surface area contributed by atoms with E-state index in [9.17, 15) is 18.0 Å². The Morgan fingerprint density at radius 1 is 1.07 bits per heavy atom. The largest absolute Gasteiger partial charge is 0.494 e.